The Morgan fingerprint density at radius 1 is 1.26 bits per heavy atom. The summed E-state index contributed by atoms with van der Waals surface area (Å²) in [5.74, 6) is 1.02. The molecule has 0 aliphatic carbocycles. The third kappa shape index (κ3) is 6.59. The minimum atomic E-state index is -2.90. The standard InChI is InChI=1S/C14H23NO3S/c1-14(15,9-4-10-19(3,16)17)11-12-5-7-13(18-2)8-6-12/h5-8H,4,9-11,15H2,1-3H3. The Bertz CT molecular complexity index is 492. The number of ether oxygens (including phenoxy) is 1. The lowest BCUT2D eigenvalue weighted by molar-refractivity contribution is 0.412. The third-order valence-electron chi connectivity index (χ3n) is 3.03. The van der Waals surface area contributed by atoms with E-state index in [2.05, 4.69) is 0 Å². The van der Waals surface area contributed by atoms with Crippen LogP contribution in [-0.4, -0.2) is 33.1 Å². The molecule has 0 heterocycles. The number of nitrogens with two attached hydrogens (primary N) is 1. The predicted octanol–water partition coefficient (Wildman–Crippen LogP) is 1.78. The van der Waals surface area contributed by atoms with E-state index in [0.717, 1.165) is 17.7 Å². The number of benzene rings is 1. The summed E-state index contributed by atoms with van der Waals surface area (Å²) in [5, 5.41) is 0. The molecule has 2 N–H and O–H groups in total. The fourth-order valence-corrected chi connectivity index (χ4v) is 2.71. The molecule has 108 valence electrons. The van der Waals surface area contributed by atoms with Crippen LogP contribution in [0.4, 0.5) is 0 Å². The van der Waals surface area contributed by atoms with Gasteiger partial charge in [0.2, 0.25) is 0 Å². The molecular formula is C14H23NO3S. The highest BCUT2D eigenvalue weighted by Crippen LogP contribution is 2.19. The Kier molecular flexibility index (Phi) is 5.38. The van der Waals surface area contributed by atoms with Gasteiger partial charge in [-0.15, -0.1) is 0 Å². The highest BCUT2D eigenvalue weighted by Gasteiger charge is 2.19. The first kappa shape index (κ1) is 16.0. The topological polar surface area (TPSA) is 69.4 Å². The molecule has 0 saturated heterocycles. The van der Waals surface area contributed by atoms with Crippen molar-refractivity contribution in [2.24, 2.45) is 5.73 Å². The lowest BCUT2D eigenvalue weighted by Crippen LogP contribution is -2.38. The minimum Gasteiger partial charge on any atom is -0.497 e. The third-order valence-corrected chi connectivity index (χ3v) is 4.06. The molecule has 0 aliphatic rings. The molecule has 1 aromatic carbocycles. The second kappa shape index (κ2) is 6.39. The Labute approximate surface area is 115 Å². The molecule has 1 rings (SSSR count). The summed E-state index contributed by atoms with van der Waals surface area (Å²) < 4.78 is 27.3. The average molecular weight is 285 g/mol. The molecule has 0 aromatic heterocycles. The van der Waals surface area contributed by atoms with Gasteiger partial charge in [0.15, 0.2) is 0 Å². The van der Waals surface area contributed by atoms with E-state index in [0.29, 0.717) is 12.8 Å². The Morgan fingerprint density at radius 3 is 2.32 bits per heavy atom. The summed E-state index contributed by atoms with van der Waals surface area (Å²) in [4.78, 5) is 0. The van der Waals surface area contributed by atoms with Gasteiger partial charge in [-0.3, -0.25) is 0 Å². The summed E-state index contributed by atoms with van der Waals surface area (Å²) in [6, 6.07) is 7.78. The number of hydrogen-bond donors (Lipinski definition) is 1. The van der Waals surface area contributed by atoms with Crippen LogP contribution in [0.5, 0.6) is 5.75 Å². The van der Waals surface area contributed by atoms with Gasteiger partial charge in [-0.2, -0.15) is 0 Å². The number of sulfone groups is 1. The van der Waals surface area contributed by atoms with Gasteiger partial charge in [0.1, 0.15) is 15.6 Å². The normalized spacial score (nSPS) is 14.9. The molecular weight excluding hydrogens is 262 g/mol. The van der Waals surface area contributed by atoms with Crippen LogP contribution >= 0.6 is 0 Å². The molecule has 0 radical (unpaired) electrons. The van der Waals surface area contributed by atoms with E-state index < -0.39 is 9.84 Å². The second-order valence-electron chi connectivity index (χ2n) is 5.41. The van der Waals surface area contributed by atoms with Crippen molar-refractivity contribution in [3.05, 3.63) is 29.8 Å². The predicted molar refractivity (Wildman–Crippen MR) is 78.2 cm³/mol. The smallest absolute Gasteiger partial charge is 0.147 e. The zero-order valence-corrected chi connectivity index (χ0v) is 12.7. The fraction of sp³-hybridized carbons (Fsp3) is 0.571. The van der Waals surface area contributed by atoms with Gasteiger partial charge < -0.3 is 10.5 Å². The van der Waals surface area contributed by atoms with Crippen LogP contribution in [0.1, 0.15) is 25.3 Å². The molecule has 4 nitrogen and oxygen atoms in total. The lowest BCUT2D eigenvalue weighted by Gasteiger charge is -2.24. The molecule has 1 atom stereocenters. The van der Waals surface area contributed by atoms with Crippen LogP contribution in [0.3, 0.4) is 0 Å². The monoisotopic (exact) mass is 285 g/mol. The summed E-state index contributed by atoms with van der Waals surface area (Å²) >= 11 is 0. The van der Waals surface area contributed by atoms with Gasteiger partial charge >= 0.3 is 0 Å². The fourth-order valence-electron chi connectivity index (χ4n) is 2.04. The molecule has 0 fully saturated rings. The molecule has 1 aromatic rings. The first-order valence-corrected chi connectivity index (χ1v) is 8.37. The van der Waals surface area contributed by atoms with Crippen molar-refractivity contribution in [3.63, 3.8) is 0 Å². The van der Waals surface area contributed by atoms with Gasteiger partial charge in [-0.1, -0.05) is 12.1 Å². The molecule has 0 saturated carbocycles. The summed E-state index contributed by atoms with van der Waals surface area (Å²) in [6.45, 7) is 1.96. The minimum absolute atomic E-state index is 0.197. The van der Waals surface area contributed by atoms with E-state index in [4.69, 9.17) is 10.5 Å². The summed E-state index contributed by atoms with van der Waals surface area (Å²) in [5.41, 5.74) is 6.96. The first-order chi connectivity index (χ1) is 8.72. The van der Waals surface area contributed by atoms with Gasteiger partial charge in [0.05, 0.1) is 7.11 Å². The van der Waals surface area contributed by atoms with Crippen molar-refractivity contribution in [2.75, 3.05) is 19.1 Å². The van der Waals surface area contributed by atoms with Crippen molar-refractivity contribution < 1.29 is 13.2 Å². The zero-order valence-electron chi connectivity index (χ0n) is 11.8. The number of hydrogen-bond acceptors (Lipinski definition) is 4. The van der Waals surface area contributed by atoms with Crippen LogP contribution in [-0.2, 0) is 16.3 Å². The maximum absolute atomic E-state index is 11.1. The van der Waals surface area contributed by atoms with Gasteiger partial charge in [-0.05, 0) is 43.9 Å². The number of rotatable bonds is 7. The van der Waals surface area contributed by atoms with E-state index in [1.807, 2.05) is 31.2 Å². The van der Waals surface area contributed by atoms with Crippen molar-refractivity contribution in [1.82, 2.24) is 0 Å². The summed E-state index contributed by atoms with van der Waals surface area (Å²) in [7, 11) is -1.27. The SMILES string of the molecule is COc1ccc(CC(C)(N)CCCS(C)(=O)=O)cc1. The quantitative estimate of drug-likeness (QED) is 0.829. The maximum atomic E-state index is 11.1. The van der Waals surface area contributed by atoms with E-state index in [1.54, 1.807) is 7.11 Å². The zero-order chi connectivity index (χ0) is 14.5. The Morgan fingerprint density at radius 2 is 1.84 bits per heavy atom. The van der Waals surface area contributed by atoms with Crippen LogP contribution in [0.15, 0.2) is 24.3 Å². The maximum Gasteiger partial charge on any atom is 0.147 e. The first-order valence-electron chi connectivity index (χ1n) is 6.31. The van der Waals surface area contributed by atoms with E-state index in [-0.39, 0.29) is 11.3 Å². The van der Waals surface area contributed by atoms with Crippen LogP contribution in [0, 0.1) is 0 Å². The molecule has 0 spiro atoms. The van der Waals surface area contributed by atoms with Crippen molar-refractivity contribution in [1.29, 1.82) is 0 Å². The molecule has 1 unspecified atom stereocenters. The largest absolute Gasteiger partial charge is 0.497 e. The van der Waals surface area contributed by atoms with Crippen molar-refractivity contribution in [2.45, 2.75) is 31.7 Å². The molecule has 0 aliphatic heterocycles. The molecule has 5 heteroatoms. The second-order valence-corrected chi connectivity index (χ2v) is 7.67. The van der Waals surface area contributed by atoms with E-state index in [9.17, 15) is 8.42 Å². The summed E-state index contributed by atoms with van der Waals surface area (Å²) in [6.07, 6.45) is 3.26. The Balaban J connectivity index is 2.53. The molecule has 0 amide bonds. The lowest BCUT2D eigenvalue weighted by atomic mass is 9.89. The van der Waals surface area contributed by atoms with Gasteiger partial charge in [-0.25, -0.2) is 8.42 Å². The average Bonchev–Trinajstić information content (AvgIpc) is 2.27. The molecule has 19 heavy (non-hydrogen) atoms. The van der Waals surface area contributed by atoms with Crippen molar-refractivity contribution >= 4 is 9.84 Å². The highest BCUT2D eigenvalue weighted by molar-refractivity contribution is 7.90. The van der Waals surface area contributed by atoms with Crippen molar-refractivity contribution in [3.8, 4) is 5.75 Å². The van der Waals surface area contributed by atoms with E-state index >= 15 is 0 Å². The van der Waals surface area contributed by atoms with Gasteiger partial charge in [0, 0.05) is 17.5 Å². The number of methoxy groups -OCH3 is 1. The molecule has 0 bridgehead atoms. The van der Waals surface area contributed by atoms with Crippen LogP contribution in [0.2, 0.25) is 0 Å². The Hall–Kier alpha value is -1.07. The highest BCUT2D eigenvalue weighted by atomic mass is 32.2. The van der Waals surface area contributed by atoms with Crippen LogP contribution < -0.4 is 10.5 Å². The van der Waals surface area contributed by atoms with Gasteiger partial charge in [0.25, 0.3) is 0 Å². The van der Waals surface area contributed by atoms with E-state index in [1.165, 1.54) is 6.26 Å². The van der Waals surface area contributed by atoms with Crippen LogP contribution in [0.25, 0.3) is 0 Å².